The van der Waals surface area contributed by atoms with Gasteiger partial charge in [0.2, 0.25) is 0 Å². The Morgan fingerprint density at radius 2 is 1.65 bits per heavy atom. The molecule has 4 N–H and O–H groups in total. The summed E-state index contributed by atoms with van der Waals surface area (Å²) in [5.74, 6) is -2.19. The highest BCUT2D eigenvalue weighted by Crippen LogP contribution is 2.01. The summed E-state index contributed by atoms with van der Waals surface area (Å²) in [5, 5.41) is 16.8. The molecule has 1 atom stereocenters. The summed E-state index contributed by atoms with van der Waals surface area (Å²) in [6.45, 7) is 0.470. The van der Waals surface area contributed by atoms with Crippen molar-refractivity contribution in [3.8, 4) is 0 Å². The number of nitrogens with two attached hydrogens (primary N) is 1. The van der Waals surface area contributed by atoms with Gasteiger partial charge in [-0.1, -0.05) is 0 Å². The molecule has 0 rings (SSSR count). The van der Waals surface area contributed by atoms with E-state index in [1.54, 1.807) is 0 Å². The maximum atomic E-state index is 11.4. The lowest BCUT2D eigenvalue weighted by atomic mass is 10.1. The second-order valence-electron chi connectivity index (χ2n) is 4.18. The standard InChI is InChI=1S/C12H21NO7/c13-10(12(17)18)4-3-9(14)2-1-5-19-6-7-20-8-11(15)16/h10H,1-8,13H2,(H,15,16)(H,17,18). The molecule has 0 radical (unpaired) electrons. The molecule has 0 saturated heterocycles. The first kappa shape index (κ1) is 18.5. The Kier molecular flexibility index (Phi) is 10.5. The first-order valence-corrected chi connectivity index (χ1v) is 6.31. The predicted molar refractivity (Wildman–Crippen MR) is 68.4 cm³/mol. The monoisotopic (exact) mass is 291 g/mol. The normalized spacial score (nSPS) is 12.1. The molecular formula is C12H21NO7. The van der Waals surface area contributed by atoms with Crippen LogP contribution in [0.1, 0.15) is 25.7 Å². The molecule has 0 heterocycles. The molecule has 0 aliphatic rings. The number of carboxylic acid groups (broad SMARTS) is 2. The average Bonchev–Trinajstić information content (AvgIpc) is 2.38. The van der Waals surface area contributed by atoms with Crippen LogP contribution in [0.4, 0.5) is 0 Å². The SMILES string of the molecule is NC(CCC(=O)CCCOCCOCC(=O)O)C(=O)O. The molecule has 0 amide bonds. The zero-order valence-electron chi connectivity index (χ0n) is 11.2. The third-order valence-corrected chi connectivity index (χ3v) is 2.39. The number of aliphatic carboxylic acids is 2. The van der Waals surface area contributed by atoms with E-state index in [2.05, 4.69) is 0 Å². The summed E-state index contributed by atoms with van der Waals surface area (Å²) < 4.78 is 9.89. The number of carboxylic acids is 2. The van der Waals surface area contributed by atoms with Crippen LogP contribution in [-0.2, 0) is 23.9 Å². The van der Waals surface area contributed by atoms with Gasteiger partial charge in [-0.2, -0.15) is 0 Å². The lowest BCUT2D eigenvalue weighted by Gasteiger charge is -2.06. The number of ketones is 1. The van der Waals surface area contributed by atoms with Crippen LogP contribution in [-0.4, -0.2) is 60.4 Å². The minimum atomic E-state index is -1.11. The second kappa shape index (κ2) is 11.3. The highest BCUT2D eigenvalue weighted by atomic mass is 16.5. The van der Waals surface area contributed by atoms with Gasteiger partial charge in [-0.25, -0.2) is 4.79 Å². The average molecular weight is 291 g/mol. The molecule has 0 spiro atoms. The fourth-order valence-corrected chi connectivity index (χ4v) is 1.32. The van der Waals surface area contributed by atoms with E-state index in [-0.39, 0.29) is 38.4 Å². The van der Waals surface area contributed by atoms with Crippen molar-refractivity contribution in [3.63, 3.8) is 0 Å². The van der Waals surface area contributed by atoms with Gasteiger partial charge >= 0.3 is 11.9 Å². The second-order valence-corrected chi connectivity index (χ2v) is 4.18. The van der Waals surface area contributed by atoms with Crippen LogP contribution in [0, 0.1) is 0 Å². The lowest BCUT2D eigenvalue weighted by Crippen LogP contribution is -2.30. The maximum absolute atomic E-state index is 11.4. The summed E-state index contributed by atoms with van der Waals surface area (Å²) in [6.07, 6.45) is 1.12. The summed E-state index contributed by atoms with van der Waals surface area (Å²) in [5.41, 5.74) is 5.28. The van der Waals surface area contributed by atoms with E-state index in [1.807, 2.05) is 0 Å². The Hall–Kier alpha value is -1.51. The zero-order valence-corrected chi connectivity index (χ0v) is 11.2. The van der Waals surface area contributed by atoms with Crippen molar-refractivity contribution in [1.29, 1.82) is 0 Å². The predicted octanol–water partition coefficient (Wildman–Crippen LogP) is -0.354. The van der Waals surface area contributed by atoms with Crippen molar-refractivity contribution in [3.05, 3.63) is 0 Å². The molecule has 0 aliphatic heterocycles. The van der Waals surface area contributed by atoms with Crippen molar-refractivity contribution in [2.24, 2.45) is 5.73 Å². The molecule has 0 aromatic heterocycles. The molecule has 8 nitrogen and oxygen atoms in total. The lowest BCUT2D eigenvalue weighted by molar-refractivity contribution is -0.143. The fourth-order valence-electron chi connectivity index (χ4n) is 1.32. The third kappa shape index (κ3) is 11.6. The van der Waals surface area contributed by atoms with Gasteiger partial charge in [-0.05, 0) is 12.8 Å². The summed E-state index contributed by atoms with van der Waals surface area (Å²) >= 11 is 0. The van der Waals surface area contributed by atoms with Crippen LogP contribution in [0.25, 0.3) is 0 Å². The van der Waals surface area contributed by atoms with Gasteiger partial charge in [0.15, 0.2) is 0 Å². The number of rotatable bonds is 13. The number of hydrogen-bond donors (Lipinski definition) is 3. The molecule has 0 aromatic carbocycles. The highest BCUT2D eigenvalue weighted by molar-refractivity contribution is 5.80. The molecule has 0 fully saturated rings. The molecule has 116 valence electrons. The molecule has 0 aromatic rings. The van der Waals surface area contributed by atoms with Gasteiger partial charge in [-0.15, -0.1) is 0 Å². The van der Waals surface area contributed by atoms with E-state index in [0.29, 0.717) is 19.4 Å². The van der Waals surface area contributed by atoms with Gasteiger partial charge in [0.05, 0.1) is 13.2 Å². The Balaban J connectivity index is 3.35. The molecule has 0 aliphatic carbocycles. The van der Waals surface area contributed by atoms with Crippen molar-refractivity contribution < 1.29 is 34.1 Å². The topological polar surface area (TPSA) is 136 Å². The smallest absolute Gasteiger partial charge is 0.329 e. The van der Waals surface area contributed by atoms with E-state index in [0.717, 1.165) is 0 Å². The number of Topliss-reactive ketones (excluding diaryl/α,β-unsaturated/α-hetero) is 1. The number of hydrogen-bond acceptors (Lipinski definition) is 6. The summed E-state index contributed by atoms with van der Waals surface area (Å²) in [6, 6.07) is -0.999. The first-order chi connectivity index (χ1) is 9.43. The first-order valence-electron chi connectivity index (χ1n) is 6.31. The van der Waals surface area contributed by atoms with Gasteiger partial charge < -0.3 is 25.4 Å². The Bertz CT molecular complexity index is 319. The fraction of sp³-hybridized carbons (Fsp3) is 0.750. The van der Waals surface area contributed by atoms with Crippen molar-refractivity contribution >= 4 is 17.7 Å². The zero-order chi connectivity index (χ0) is 15.4. The molecule has 0 saturated carbocycles. The van der Waals surface area contributed by atoms with E-state index >= 15 is 0 Å². The maximum Gasteiger partial charge on any atom is 0.329 e. The van der Waals surface area contributed by atoms with Crippen molar-refractivity contribution in [1.82, 2.24) is 0 Å². The molecular weight excluding hydrogens is 270 g/mol. The largest absolute Gasteiger partial charge is 0.480 e. The van der Waals surface area contributed by atoms with Gasteiger partial charge in [0.1, 0.15) is 18.4 Å². The van der Waals surface area contributed by atoms with Crippen LogP contribution in [0.15, 0.2) is 0 Å². The van der Waals surface area contributed by atoms with Gasteiger partial charge in [0.25, 0.3) is 0 Å². The van der Waals surface area contributed by atoms with Crippen LogP contribution in [0.3, 0.4) is 0 Å². The summed E-state index contributed by atoms with van der Waals surface area (Å²) in [4.78, 5) is 31.9. The minimum Gasteiger partial charge on any atom is -0.480 e. The number of carbonyl (C=O) groups is 3. The van der Waals surface area contributed by atoms with E-state index in [4.69, 9.17) is 25.4 Å². The Labute approximate surface area is 116 Å². The van der Waals surface area contributed by atoms with Gasteiger partial charge in [-0.3, -0.25) is 9.59 Å². The highest BCUT2D eigenvalue weighted by Gasteiger charge is 2.13. The van der Waals surface area contributed by atoms with Crippen LogP contribution in [0.5, 0.6) is 0 Å². The van der Waals surface area contributed by atoms with Gasteiger partial charge in [0, 0.05) is 19.4 Å². The molecule has 8 heteroatoms. The van der Waals surface area contributed by atoms with Crippen LogP contribution < -0.4 is 5.73 Å². The van der Waals surface area contributed by atoms with Crippen molar-refractivity contribution in [2.75, 3.05) is 26.4 Å². The van der Waals surface area contributed by atoms with Crippen LogP contribution in [0.2, 0.25) is 0 Å². The van der Waals surface area contributed by atoms with E-state index in [9.17, 15) is 14.4 Å². The minimum absolute atomic E-state index is 0.0487. The Morgan fingerprint density at radius 3 is 2.25 bits per heavy atom. The number of carbonyl (C=O) groups excluding carboxylic acids is 1. The summed E-state index contributed by atoms with van der Waals surface area (Å²) in [7, 11) is 0. The Morgan fingerprint density at radius 1 is 1.00 bits per heavy atom. The van der Waals surface area contributed by atoms with Crippen molar-refractivity contribution in [2.45, 2.75) is 31.7 Å². The van der Waals surface area contributed by atoms with E-state index in [1.165, 1.54) is 0 Å². The quantitative estimate of drug-likeness (QED) is 0.391. The molecule has 20 heavy (non-hydrogen) atoms. The molecule has 1 unspecified atom stereocenters. The van der Waals surface area contributed by atoms with E-state index < -0.39 is 18.0 Å². The van der Waals surface area contributed by atoms with Crippen LogP contribution >= 0.6 is 0 Å². The number of ether oxygens (including phenoxy) is 2. The molecule has 0 bridgehead atoms. The third-order valence-electron chi connectivity index (χ3n) is 2.39.